The fraction of sp³-hybridized carbons (Fsp3) is 0.889. The molecule has 0 spiro atoms. The molecule has 2 heteroatoms. The molecule has 4 unspecified atom stereocenters. The highest BCUT2D eigenvalue weighted by Gasteiger charge is 2.45. The van der Waals surface area contributed by atoms with Gasteiger partial charge in [0.15, 0.2) is 0 Å². The molecule has 2 aliphatic rings. The van der Waals surface area contributed by atoms with Crippen LogP contribution >= 0.6 is 0 Å². The molecule has 2 rings (SSSR count). The van der Waals surface area contributed by atoms with Gasteiger partial charge in [-0.1, -0.05) is 0 Å². The third kappa shape index (κ3) is 1.00. The van der Waals surface area contributed by atoms with Gasteiger partial charge < -0.3 is 9.53 Å². The quantitative estimate of drug-likeness (QED) is 0.559. The van der Waals surface area contributed by atoms with Crippen LogP contribution in [0.2, 0.25) is 0 Å². The van der Waals surface area contributed by atoms with Gasteiger partial charge in [0.2, 0.25) is 0 Å². The molecule has 2 aliphatic carbocycles. The molecule has 0 aromatic rings. The monoisotopic (exact) mass is 154 g/mol. The minimum atomic E-state index is 0.353. The molecule has 2 nitrogen and oxygen atoms in total. The minimum Gasteiger partial charge on any atom is -0.381 e. The van der Waals surface area contributed by atoms with E-state index < -0.39 is 0 Å². The van der Waals surface area contributed by atoms with Crippen molar-refractivity contribution in [2.24, 2.45) is 17.8 Å². The zero-order chi connectivity index (χ0) is 7.84. The van der Waals surface area contributed by atoms with E-state index in [0.717, 1.165) is 19.1 Å². The first-order valence-corrected chi connectivity index (χ1v) is 4.33. The number of methoxy groups -OCH3 is 1. The van der Waals surface area contributed by atoms with E-state index in [2.05, 4.69) is 0 Å². The normalized spacial score (nSPS) is 48.1. The molecule has 2 saturated carbocycles. The number of aldehydes is 1. The van der Waals surface area contributed by atoms with Crippen molar-refractivity contribution in [2.45, 2.75) is 25.4 Å². The second kappa shape index (κ2) is 2.59. The summed E-state index contributed by atoms with van der Waals surface area (Å²) in [5.74, 6) is 1.68. The molecule has 0 heterocycles. The first-order valence-electron chi connectivity index (χ1n) is 4.33. The summed E-state index contributed by atoms with van der Waals surface area (Å²) in [5, 5.41) is 0. The van der Waals surface area contributed by atoms with Gasteiger partial charge in [-0.2, -0.15) is 0 Å². The zero-order valence-electron chi connectivity index (χ0n) is 6.82. The maximum Gasteiger partial charge on any atom is 0.123 e. The third-order valence-corrected chi connectivity index (χ3v) is 3.32. The molecule has 0 aromatic heterocycles. The van der Waals surface area contributed by atoms with Crippen LogP contribution in [0, 0.1) is 17.8 Å². The zero-order valence-corrected chi connectivity index (χ0v) is 6.82. The Balaban J connectivity index is 2.02. The number of carbonyl (C=O) groups is 1. The third-order valence-electron chi connectivity index (χ3n) is 3.32. The van der Waals surface area contributed by atoms with Crippen molar-refractivity contribution < 1.29 is 9.53 Å². The van der Waals surface area contributed by atoms with E-state index in [0.29, 0.717) is 23.9 Å². The largest absolute Gasteiger partial charge is 0.381 e. The molecule has 0 saturated heterocycles. The lowest BCUT2D eigenvalue weighted by atomic mass is 9.88. The van der Waals surface area contributed by atoms with Gasteiger partial charge in [-0.15, -0.1) is 0 Å². The molecule has 0 radical (unpaired) electrons. The van der Waals surface area contributed by atoms with Crippen LogP contribution in [0.25, 0.3) is 0 Å². The molecule has 0 aliphatic heterocycles. The molecule has 2 bridgehead atoms. The van der Waals surface area contributed by atoms with Crippen molar-refractivity contribution in [1.29, 1.82) is 0 Å². The van der Waals surface area contributed by atoms with Crippen LogP contribution in [0.5, 0.6) is 0 Å². The Morgan fingerprint density at radius 2 is 2.09 bits per heavy atom. The Kier molecular flexibility index (Phi) is 1.72. The topological polar surface area (TPSA) is 26.3 Å². The van der Waals surface area contributed by atoms with Crippen LogP contribution in [0.15, 0.2) is 0 Å². The number of rotatable bonds is 2. The van der Waals surface area contributed by atoms with E-state index in [9.17, 15) is 4.79 Å². The molecular weight excluding hydrogens is 140 g/mol. The lowest BCUT2D eigenvalue weighted by molar-refractivity contribution is -0.113. The summed E-state index contributed by atoms with van der Waals surface area (Å²) in [6, 6.07) is 0. The summed E-state index contributed by atoms with van der Waals surface area (Å²) in [5.41, 5.74) is 0. The maximum atomic E-state index is 10.6. The number of hydrogen-bond donors (Lipinski definition) is 0. The summed E-state index contributed by atoms with van der Waals surface area (Å²) < 4.78 is 5.32. The van der Waals surface area contributed by atoms with E-state index >= 15 is 0 Å². The highest BCUT2D eigenvalue weighted by atomic mass is 16.5. The van der Waals surface area contributed by atoms with E-state index in [1.165, 1.54) is 6.42 Å². The van der Waals surface area contributed by atoms with Crippen molar-refractivity contribution in [3.8, 4) is 0 Å². The first-order chi connectivity index (χ1) is 5.35. The Hall–Kier alpha value is -0.370. The van der Waals surface area contributed by atoms with E-state index in [-0.39, 0.29) is 0 Å². The van der Waals surface area contributed by atoms with E-state index in [1.807, 2.05) is 0 Å². The summed E-state index contributed by atoms with van der Waals surface area (Å²) in [6.45, 7) is 0. The SMILES string of the molecule is COC1CC2CC1CC2C=O. The van der Waals surface area contributed by atoms with Gasteiger partial charge in [-0.05, 0) is 31.1 Å². The summed E-state index contributed by atoms with van der Waals surface area (Å²) in [6.07, 6.45) is 5.01. The Morgan fingerprint density at radius 3 is 2.55 bits per heavy atom. The van der Waals surface area contributed by atoms with Gasteiger partial charge in [0.25, 0.3) is 0 Å². The molecule has 0 aromatic carbocycles. The van der Waals surface area contributed by atoms with Gasteiger partial charge in [0.1, 0.15) is 6.29 Å². The predicted octanol–water partition coefficient (Wildman–Crippen LogP) is 1.25. The van der Waals surface area contributed by atoms with Crippen LogP contribution in [-0.2, 0) is 9.53 Å². The van der Waals surface area contributed by atoms with Gasteiger partial charge in [0.05, 0.1) is 6.10 Å². The highest BCUT2D eigenvalue weighted by Crippen LogP contribution is 2.48. The van der Waals surface area contributed by atoms with Crippen molar-refractivity contribution >= 4 is 6.29 Å². The number of carbonyl (C=O) groups excluding carboxylic acids is 1. The molecule has 0 amide bonds. The standard InChI is InChI=1S/C9H14O2/c1-11-9-4-6-2-7(9)3-8(6)5-10/h5-9H,2-4H2,1H3. The van der Waals surface area contributed by atoms with Crippen LogP contribution in [0.3, 0.4) is 0 Å². The van der Waals surface area contributed by atoms with Gasteiger partial charge in [-0.25, -0.2) is 0 Å². The predicted molar refractivity (Wildman–Crippen MR) is 41.2 cm³/mol. The van der Waals surface area contributed by atoms with Crippen LogP contribution in [-0.4, -0.2) is 19.5 Å². The van der Waals surface area contributed by atoms with Crippen LogP contribution in [0.4, 0.5) is 0 Å². The molecule has 0 N–H and O–H groups in total. The average molecular weight is 154 g/mol. The van der Waals surface area contributed by atoms with Gasteiger partial charge in [0, 0.05) is 13.0 Å². The Morgan fingerprint density at radius 1 is 1.27 bits per heavy atom. The van der Waals surface area contributed by atoms with Crippen molar-refractivity contribution in [3.63, 3.8) is 0 Å². The van der Waals surface area contributed by atoms with Crippen molar-refractivity contribution in [3.05, 3.63) is 0 Å². The molecule has 11 heavy (non-hydrogen) atoms. The number of ether oxygens (including phenoxy) is 1. The Bertz CT molecular complexity index is 167. The Labute approximate surface area is 66.9 Å². The highest BCUT2D eigenvalue weighted by molar-refractivity contribution is 5.55. The number of hydrogen-bond acceptors (Lipinski definition) is 2. The minimum absolute atomic E-state index is 0.353. The maximum absolute atomic E-state index is 10.6. The second-order valence-corrected chi connectivity index (χ2v) is 3.80. The van der Waals surface area contributed by atoms with E-state index in [1.54, 1.807) is 7.11 Å². The lowest BCUT2D eigenvalue weighted by Gasteiger charge is -2.23. The van der Waals surface area contributed by atoms with Crippen LogP contribution < -0.4 is 0 Å². The molecular formula is C9H14O2. The molecule has 62 valence electrons. The fourth-order valence-corrected chi connectivity index (χ4v) is 2.72. The van der Waals surface area contributed by atoms with Crippen molar-refractivity contribution in [2.75, 3.05) is 7.11 Å². The summed E-state index contributed by atoms with van der Waals surface area (Å²) in [4.78, 5) is 10.6. The molecule has 4 atom stereocenters. The smallest absolute Gasteiger partial charge is 0.123 e. The first kappa shape index (κ1) is 7.29. The second-order valence-electron chi connectivity index (χ2n) is 3.80. The van der Waals surface area contributed by atoms with Crippen LogP contribution in [0.1, 0.15) is 19.3 Å². The summed E-state index contributed by atoms with van der Waals surface area (Å²) >= 11 is 0. The van der Waals surface area contributed by atoms with Gasteiger partial charge in [-0.3, -0.25) is 0 Å². The lowest BCUT2D eigenvalue weighted by Crippen LogP contribution is -2.24. The van der Waals surface area contributed by atoms with Crippen molar-refractivity contribution in [1.82, 2.24) is 0 Å². The fourth-order valence-electron chi connectivity index (χ4n) is 2.72. The van der Waals surface area contributed by atoms with E-state index in [4.69, 9.17) is 4.74 Å². The number of fused-ring (bicyclic) bond motifs is 2. The van der Waals surface area contributed by atoms with Gasteiger partial charge >= 0.3 is 0 Å². The summed E-state index contributed by atoms with van der Waals surface area (Å²) in [7, 11) is 1.78. The molecule has 2 fully saturated rings. The average Bonchev–Trinajstić information content (AvgIpc) is 2.60.